The smallest absolute Gasteiger partial charge is 0.316 e. The molecule has 1 aromatic heterocycles. The molecule has 0 aliphatic carbocycles. The molecule has 0 fully saturated rings. The normalized spacial score (nSPS) is 13.8. The Hall–Kier alpha value is -1.04. The highest BCUT2D eigenvalue weighted by Crippen LogP contribution is 2.27. The number of carboxylic acids is 1. The fourth-order valence-corrected chi connectivity index (χ4v) is 2.00. The van der Waals surface area contributed by atoms with Gasteiger partial charge in [-0.15, -0.1) is 0 Å². The van der Waals surface area contributed by atoms with Gasteiger partial charge < -0.3 is 5.11 Å². The molecule has 0 amide bonds. The van der Waals surface area contributed by atoms with Gasteiger partial charge >= 0.3 is 5.97 Å². The Kier molecular flexibility index (Phi) is 3.96. The molecular formula is C10H17N3O2S. The molecule has 5 nitrogen and oxygen atoms in total. The van der Waals surface area contributed by atoms with E-state index in [1.54, 1.807) is 11.6 Å². The molecule has 1 N–H and O–H groups in total. The molecular weight excluding hydrogens is 226 g/mol. The second kappa shape index (κ2) is 4.86. The van der Waals surface area contributed by atoms with Gasteiger partial charge in [0.25, 0.3) is 0 Å². The molecule has 1 aromatic rings. The SMILES string of the molecule is CCC(C)(C)n1ncnc1SC(C)C(=O)O. The average molecular weight is 243 g/mol. The van der Waals surface area contributed by atoms with Crippen LogP contribution in [0.4, 0.5) is 0 Å². The highest BCUT2D eigenvalue weighted by Gasteiger charge is 2.24. The number of thioether (sulfide) groups is 1. The molecule has 1 atom stereocenters. The van der Waals surface area contributed by atoms with Crippen molar-refractivity contribution in [3.63, 3.8) is 0 Å². The van der Waals surface area contributed by atoms with Gasteiger partial charge in [-0.25, -0.2) is 9.67 Å². The molecule has 0 spiro atoms. The number of aliphatic carboxylic acids is 1. The number of aromatic nitrogens is 3. The van der Waals surface area contributed by atoms with E-state index in [9.17, 15) is 4.79 Å². The number of carboxylic acid groups (broad SMARTS) is 1. The van der Waals surface area contributed by atoms with E-state index < -0.39 is 11.2 Å². The predicted molar refractivity (Wildman–Crippen MR) is 62.6 cm³/mol. The van der Waals surface area contributed by atoms with E-state index in [0.29, 0.717) is 5.16 Å². The largest absolute Gasteiger partial charge is 0.480 e. The summed E-state index contributed by atoms with van der Waals surface area (Å²) in [7, 11) is 0. The Labute approximate surface area is 99.3 Å². The third-order valence-corrected chi connectivity index (χ3v) is 3.63. The zero-order valence-corrected chi connectivity index (χ0v) is 10.8. The quantitative estimate of drug-likeness (QED) is 0.801. The van der Waals surface area contributed by atoms with Gasteiger partial charge in [0.05, 0.1) is 5.54 Å². The van der Waals surface area contributed by atoms with Crippen molar-refractivity contribution in [2.75, 3.05) is 0 Å². The first-order chi connectivity index (χ1) is 7.38. The first kappa shape index (κ1) is 13.0. The van der Waals surface area contributed by atoms with Crippen LogP contribution in [0.25, 0.3) is 0 Å². The number of carbonyl (C=O) groups is 1. The van der Waals surface area contributed by atoms with Crippen molar-refractivity contribution in [3.05, 3.63) is 6.33 Å². The second-order valence-electron chi connectivity index (χ2n) is 4.22. The molecule has 6 heteroatoms. The Morgan fingerprint density at radius 3 is 2.81 bits per heavy atom. The Bertz CT molecular complexity index is 376. The standard InChI is InChI=1S/C10H17N3O2S/c1-5-10(3,4)13-9(11-6-12-13)16-7(2)8(14)15/h6-7H,5H2,1-4H3,(H,14,15). The molecule has 1 unspecified atom stereocenters. The van der Waals surface area contributed by atoms with Gasteiger partial charge in [-0.1, -0.05) is 18.7 Å². The minimum atomic E-state index is -0.839. The third-order valence-electron chi connectivity index (χ3n) is 2.59. The molecule has 0 aliphatic rings. The van der Waals surface area contributed by atoms with Gasteiger partial charge in [-0.05, 0) is 27.2 Å². The summed E-state index contributed by atoms with van der Waals surface area (Å²) in [5.41, 5.74) is -0.142. The summed E-state index contributed by atoms with van der Waals surface area (Å²) in [6, 6.07) is 0. The molecule has 0 aromatic carbocycles. The van der Waals surface area contributed by atoms with Crippen LogP contribution >= 0.6 is 11.8 Å². The van der Waals surface area contributed by atoms with Crippen molar-refractivity contribution >= 4 is 17.7 Å². The Morgan fingerprint density at radius 1 is 1.69 bits per heavy atom. The number of hydrogen-bond donors (Lipinski definition) is 1. The summed E-state index contributed by atoms with van der Waals surface area (Å²) in [5.74, 6) is -0.839. The minimum absolute atomic E-state index is 0.142. The topological polar surface area (TPSA) is 68.0 Å². The summed E-state index contributed by atoms with van der Waals surface area (Å²) >= 11 is 1.22. The molecule has 1 heterocycles. The van der Waals surface area contributed by atoms with Crippen LogP contribution in [0.15, 0.2) is 11.5 Å². The van der Waals surface area contributed by atoms with Crippen molar-refractivity contribution in [2.24, 2.45) is 0 Å². The summed E-state index contributed by atoms with van der Waals surface area (Å²) in [4.78, 5) is 14.9. The summed E-state index contributed by atoms with van der Waals surface area (Å²) in [6.07, 6.45) is 2.37. The lowest BCUT2D eigenvalue weighted by Crippen LogP contribution is -2.28. The van der Waals surface area contributed by atoms with Gasteiger partial charge in [-0.2, -0.15) is 5.10 Å². The first-order valence-corrected chi connectivity index (χ1v) is 6.06. The van der Waals surface area contributed by atoms with Crippen LogP contribution < -0.4 is 0 Å². The predicted octanol–water partition coefficient (Wildman–Crippen LogP) is 1.99. The summed E-state index contributed by atoms with van der Waals surface area (Å²) in [6.45, 7) is 7.82. The zero-order chi connectivity index (χ0) is 12.3. The molecule has 0 radical (unpaired) electrons. The zero-order valence-electron chi connectivity index (χ0n) is 9.97. The molecule has 1 rings (SSSR count). The Morgan fingerprint density at radius 2 is 2.31 bits per heavy atom. The highest BCUT2D eigenvalue weighted by atomic mass is 32.2. The average Bonchev–Trinajstić information content (AvgIpc) is 2.66. The van der Waals surface area contributed by atoms with Crippen LogP contribution in [-0.2, 0) is 10.3 Å². The molecule has 16 heavy (non-hydrogen) atoms. The number of nitrogens with zero attached hydrogens (tertiary/aromatic N) is 3. The van der Waals surface area contributed by atoms with E-state index >= 15 is 0 Å². The maximum atomic E-state index is 10.8. The molecule has 0 aliphatic heterocycles. The number of rotatable bonds is 5. The van der Waals surface area contributed by atoms with Crippen molar-refractivity contribution in [3.8, 4) is 0 Å². The lowest BCUT2D eigenvalue weighted by atomic mass is 10.0. The van der Waals surface area contributed by atoms with Gasteiger partial charge in [-0.3, -0.25) is 4.79 Å². The van der Waals surface area contributed by atoms with Crippen molar-refractivity contribution in [1.29, 1.82) is 0 Å². The molecule has 0 saturated carbocycles. The Balaban J connectivity index is 2.91. The van der Waals surface area contributed by atoms with Crippen LogP contribution in [-0.4, -0.2) is 31.1 Å². The van der Waals surface area contributed by atoms with E-state index in [1.165, 1.54) is 18.1 Å². The van der Waals surface area contributed by atoms with Crippen molar-refractivity contribution in [1.82, 2.24) is 14.8 Å². The monoisotopic (exact) mass is 243 g/mol. The molecule has 0 saturated heterocycles. The second-order valence-corrected chi connectivity index (χ2v) is 5.53. The number of hydrogen-bond acceptors (Lipinski definition) is 4. The van der Waals surface area contributed by atoms with Gasteiger partial charge in [0.2, 0.25) is 0 Å². The molecule has 90 valence electrons. The highest BCUT2D eigenvalue weighted by molar-refractivity contribution is 8.00. The van der Waals surface area contributed by atoms with Crippen LogP contribution in [0, 0.1) is 0 Å². The van der Waals surface area contributed by atoms with Crippen LogP contribution in [0.5, 0.6) is 0 Å². The van der Waals surface area contributed by atoms with E-state index in [-0.39, 0.29) is 5.54 Å². The van der Waals surface area contributed by atoms with E-state index in [0.717, 1.165) is 6.42 Å². The third kappa shape index (κ3) is 2.75. The van der Waals surface area contributed by atoms with Crippen molar-refractivity contribution < 1.29 is 9.90 Å². The minimum Gasteiger partial charge on any atom is -0.480 e. The summed E-state index contributed by atoms with van der Waals surface area (Å²) in [5, 5.41) is 13.2. The maximum absolute atomic E-state index is 10.8. The van der Waals surface area contributed by atoms with Crippen LogP contribution in [0.1, 0.15) is 34.1 Å². The van der Waals surface area contributed by atoms with E-state index in [1.807, 2.05) is 0 Å². The van der Waals surface area contributed by atoms with E-state index in [2.05, 4.69) is 30.9 Å². The lowest BCUT2D eigenvalue weighted by Gasteiger charge is -2.24. The molecule has 0 bridgehead atoms. The maximum Gasteiger partial charge on any atom is 0.316 e. The summed E-state index contributed by atoms with van der Waals surface area (Å²) < 4.78 is 1.79. The van der Waals surface area contributed by atoms with Gasteiger partial charge in [0.1, 0.15) is 11.6 Å². The van der Waals surface area contributed by atoms with Crippen molar-refractivity contribution in [2.45, 2.75) is 50.1 Å². The van der Waals surface area contributed by atoms with E-state index in [4.69, 9.17) is 5.11 Å². The fraction of sp³-hybridized carbons (Fsp3) is 0.700. The lowest BCUT2D eigenvalue weighted by molar-refractivity contribution is -0.136. The van der Waals surface area contributed by atoms with Gasteiger partial charge in [0, 0.05) is 0 Å². The fourth-order valence-electron chi connectivity index (χ4n) is 1.08. The van der Waals surface area contributed by atoms with Crippen LogP contribution in [0.2, 0.25) is 0 Å². The van der Waals surface area contributed by atoms with Crippen LogP contribution in [0.3, 0.4) is 0 Å². The first-order valence-electron chi connectivity index (χ1n) is 5.18. The van der Waals surface area contributed by atoms with Gasteiger partial charge in [0.15, 0.2) is 5.16 Å².